The first-order valence-electron chi connectivity index (χ1n) is 7.95. The number of anilines is 1. The summed E-state index contributed by atoms with van der Waals surface area (Å²) in [6.07, 6.45) is -4.52. The van der Waals surface area contributed by atoms with E-state index in [-0.39, 0.29) is 22.0 Å². The van der Waals surface area contributed by atoms with Crippen molar-refractivity contribution in [2.24, 2.45) is 0 Å². The maximum atomic E-state index is 12.6. The van der Waals surface area contributed by atoms with E-state index in [2.05, 4.69) is 21.2 Å². The summed E-state index contributed by atoms with van der Waals surface area (Å²) < 4.78 is 53.3. The van der Waals surface area contributed by atoms with Crippen LogP contribution in [0.1, 0.15) is 17.3 Å². The number of amides is 1. The highest BCUT2D eigenvalue weighted by molar-refractivity contribution is 9.10. The summed E-state index contributed by atoms with van der Waals surface area (Å²) in [5.41, 5.74) is 0.194. The zero-order chi connectivity index (χ0) is 20.9. The van der Waals surface area contributed by atoms with Gasteiger partial charge >= 0.3 is 6.18 Å². The minimum absolute atomic E-state index is 0.00530. The van der Waals surface area contributed by atoms with Crippen molar-refractivity contribution in [2.75, 3.05) is 25.6 Å². The molecule has 0 aliphatic rings. The molecule has 1 amide bonds. The van der Waals surface area contributed by atoms with Crippen molar-refractivity contribution in [3.63, 3.8) is 0 Å². The van der Waals surface area contributed by atoms with E-state index >= 15 is 0 Å². The molecule has 0 spiro atoms. The molecule has 0 aromatic heterocycles. The van der Waals surface area contributed by atoms with Crippen LogP contribution in [0.2, 0.25) is 5.02 Å². The molecule has 2 aromatic carbocycles. The highest BCUT2D eigenvalue weighted by atomic mass is 79.9. The highest BCUT2D eigenvalue weighted by Gasteiger charge is 2.29. The van der Waals surface area contributed by atoms with Crippen molar-refractivity contribution >= 4 is 39.1 Å². The fourth-order valence-corrected chi connectivity index (χ4v) is 2.94. The van der Waals surface area contributed by atoms with Gasteiger partial charge in [-0.05, 0) is 53.2 Å². The predicted molar refractivity (Wildman–Crippen MR) is 103 cm³/mol. The molecule has 0 heterocycles. The number of methoxy groups -OCH3 is 1. The minimum Gasteiger partial charge on any atom is -0.493 e. The monoisotopic (exact) mass is 481 g/mol. The van der Waals surface area contributed by atoms with Crippen molar-refractivity contribution in [1.82, 2.24) is 0 Å². The summed E-state index contributed by atoms with van der Waals surface area (Å²) in [5.74, 6) is -0.00673. The van der Waals surface area contributed by atoms with Crippen molar-refractivity contribution in [1.29, 1.82) is 0 Å². The molecule has 0 fully saturated rings. The Hall–Kier alpha value is -2.13. The second kappa shape index (κ2) is 9.38. The van der Waals surface area contributed by atoms with Crippen LogP contribution >= 0.6 is 27.5 Å². The molecule has 28 heavy (non-hydrogen) atoms. The van der Waals surface area contributed by atoms with E-state index in [0.29, 0.717) is 22.6 Å². The molecule has 5 nitrogen and oxygen atoms in total. The zero-order valence-electron chi connectivity index (χ0n) is 14.8. The molecule has 0 aliphatic heterocycles. The third-order valence-electron chi connectivity index (χ3n) is 3.36. The van der Waals surface area contributed by atoms with Gasteiger partial charge in [0.15, 0.2) is 18.1 Å². The van der Waals surface area contributed by atoms with Crippen LogP contribution in [0, 0.1) is 0 Å². The molecular formula is C18H16BrClF3NO4. The number of benzene rings is 2. The van der Waals surface area contributed by atoms with Gasteiger partial charge in [0.2, 0.25) is 0 Å². The van der Waals surface area contributed by atoms with E-state index in [9.17, 15) is 18.0 Å². The van der Waals surface area contributed by atoms with E-state index in [1.807, 2.05) is 0 Å². The smallest absolute Gasteiger partial charge is 0.422 e. The first kappa shape index (κ1) is 22.2. The fourth-order valence-electron chi connectivity index (χ4n) is 2.22. The normalized spacial score (nSPS) is 11.1. The largest absolute Gasteiger partial charge is 0.493 e. The molecule has 0 saturated carbocycles. The van der Waals surface area contributed by atoms with Crippen molar-refractivity contribution in [3.8, 4) is 17.2 Å². The van der Waals surface area contributed by atoms with Gasteiger partial charge in [-0.1, -0.05) is 11.6 Å². The number of hydrogen-bond donors (Lipinski definition) is 1. The van der Waals surface area contributed by atoms with E-state index in [1.54, 1.807) is 6.92 Å². The fraction of sp³-hybridized carbons (Fsp3) is 0.278. The Labute approximate surface area is 172 Å². The van der Waals surface area contributed by atoms with Crippen LogP contribution < -0.4 is 19.5 Å². The SMILES string of the molecule is CCOc1c(Br)cc(C(=O)Nc2cc(Cl)ccc2OCC(F)(F)F)cc1OC. The number of carbonyl (C=O) groups excluding carboxylic acids is 1. The summed E-state index contributed by atoms with van der Waals surface area (Å²) >= 11 is 9.20. The van der Waals surface area contributed by atoms with Crippen LogP contribution in [0.5, 0.6) is 17.2 Å². The molecule has 0 bridgehead atoms. The Balaban J connectivity index is 2.29. The lowest BCUT2D eigenvalue weighted by atomic mass is 10.1. The standard InChI is InChI=1S/C18H16BrClF3NO4/c1-3-27-16-12(19)6-10(7-15(16)26-2)17(25)24-13-8-11(20)4-5-14(13)28-9-18(21,22)23/h4-8H,3,9H2,1-2H3,(H,24,25). The van der Waals surface area contributed by atoms with Gasteiger partial charge in [0, 0.05) is 10.6 Å². The number of rotatable bonds is 7. The third kappa shape index (κ3) is 5.93. The second-order valence-corrected chi connectivity index (χ2v) is 6.71. The molecule has 0 atom stereocenters. The van der Waals surface area contributed by atoms with Crippen molar-refractivity contribution < 1.29 is 32.2 Å². The lowest BCUT2D eigenvalue weighted by Gasteiger charge is -2.16. The van der Waals surface area contributed by atoms with Gasteiger partial charge in [-0.3, -0.25) is 4.79 Å². The first-order chi connectivity index (χ1) is 13.1. The summed E-state index contributed by atoms with van der Waals surface area (Å²) in [6, 6.07) is 6.86. The van der Waals surface area contributed by atoms with Gasteiger partial charge in [-0.25, -0.2) is 0 Å². The number of carbonyl (C=O) groups is 1. The summed E-state index contributed by atoms with van der Waals surface area (Å²) in [7, 11) is 1.42. The Bertz CT molecular complexity index is 861. The van der Waals surface area contributed by atoms with Crippen LogP contribution in [0.25, 0.3) is 0 Å². The van der Waals surface area contributed by atoms with Gasteiger partial charge in [0.05, 0.1) is 23.9 Å². The molecule has 0 radical (unpaired) electrons. The summed E-state index contributed by atoms with van der Waals surface area (Å²) in [6.45, 7) is 0.691. The van der Waals surface area contributed by atoms with Crippen molar-refractivity contribution in [3.05, 3.63) is 45.4 Å². The van der Waals surface area contributed by atoms with Crippen molar-refractivity contribution in [2.45, 2.75) is 13.1 Å². The second-order valence-electron chi connectivity index (χ2n) is 5.42. The minimum atomic E-state index is -4.52. The maximum absolute atomic E-state index is 12.6. The average molecular weight is 483 g/mol. The highest BCUT2D eigenvalue weighted by Crippen LogP contribution is 2.37. The third-order valence-corrected chi connectivity index (χ3v) is 4.19. The number of hydrogen-bond acceptors (Lipinski definition) is 4. The average Bonchev–Trinajstić information content (AvgIpc) is 2.61. The van der Waals surface area contributed by atoms with Crippen LogP contribution in [-0.4, -0.2) is 32.4 Å². The van der Waals surface area contributed by atoms with E-state index in [4.69, 9.17) is 25.8 Å². The predicted octanol–water partition coefficient (Wildman–Crippen LogP) is 5.70. The molecule has 0 aliphatic carbocycles. The van der Waals surface area contributed by atoms with Gasteiger partial charge in [0.1, 0.15) is 5.75 Å². The number of ether oxygens (including phenoxy) is 3. The van der Waals surface area contributed by atoms with Gasteiger partial charge < -0.3 is 19.5 Å². The van der Waals surface area contributed by atoms with Crippen LogP contribution in [0.15, 0.2) is 34.8 Å². The Kier molecular flexibility index (Phi) is 7.42. The van der Waals surface area contributed by atoms with E-state index < -0.39 is 18.7 Å². The maximum Gasteiger partial charge on any atom is 0.422 e. The van der Waals surface area contributed by atoms with E-state index in [0.717, 1.165) is 0 Å². The topological polar surface area (TPSA) is 56.8 Å². The van der Waals surface area contributed by atoms with Crippen LogP contribution in [0.3, 0.4) is 0 Å². The molecule has 2 rings (SSSR count). The molecular weight excluding hydrogens is 467 g/mol. The number of alkyl halides is 3. The van der Waals surface area contributed by atoms with Gasteiger partial charge in [-0.15, -0.1) is 0 Å². The van der Waals surface area contributed by atoms with Gasteiger partial charge in [-0.2, -0.15) is 13.2 Å². The Morgan fingerprint density at radius 1 is 1.18 bits per heavy atom. The summed E-state index contributed by atoms with van der Waals surface area (Å²) in [4.78, 5) is 12.6. The lowest BCUT2D eigenvalue weighted by Crippen LogP contribution is -2.20. The molecule has 152 valence electrons. The number of nitrogens with one attached hydrogen (secondary N) is 1. The van der Waals surface area contributed by atoms with Gasteiger partial charge in [0.25, 0.3) is 5.91 Å². The molecule has 0 saturated heterocycles. The first-order valence-corrected chi connectivity index (χ1v) is 9.12. The van der Waals surface area contributed by atoms with Crippen LogP contribution in [-0.2, 0) is 0 Å². The molecule has 0 unspecified atom stereocenters. The Morgan fingerprint density at radius 2 is 1.89 bits per heavy atom. The Morgan fingerprint density at radius 3 is 2.50 bits per heavy atom. The zero-order valence-corrected chi connectivity index (χ0v) is 17.2. The molecule has 1 N–H and O–H groups in total. The quantitative estimate of drug-likeness (QED) is 0.550. The summed E-state index contributed by atoms with van der Waals surface area (Å²) in [5, 5.41) is 2.72. The number of halogens is 5. The van der Waals surface area contributed by atoms with Crippen LogP contribution in [0.4, 0.5) is 18.9 Å². The lowest BCUT2D eigenvalue weighted by molar-refractivity contribution is -0.153. The van der Waals surface area contributed by atoms with E-state index in [1.165, 1.54) is 37.4 Å². The molecule has 2 aromatic rings. The molecule has 10 heteroatoms.